The molecule has 1 saturated carbocycles. The third kappa shape index (κ3) is 3.31. The lowest BCUT2D eigenvalue weighted by Crippen LogP contribution is -2.45. The lowest BCUT2D eigenvalue weighted by Gasteiger charge is -2.37. The van der Waals surface area contributed by atoms with Crippen molar-refractivity contribution in [2.24, 2.45) is 0 Å². The third-order valence-corrected chi connectivity index (χ3v) is 4.52. The van der Waals surface area contributed by atoms with E-state index in [0.717, 1.165) is 21.8 Å². The summed E-state index contributed by atoms with van der Waals surface area (Å²) in [4.78, 5) is 0. The number of methoxy groups -OCH3 is 1. The molecule has 0 spiro atoms. The van der Waals surface area contributed by atoms with Gasteiger partial charge in [-0.05, 0) is 37.5 Å². The van der Waals surface area contributed by atoms with Crippen molar-refractivity contribution in [1.82, 2.24) is 5.32 Å². The van der Waals surface area contributed by atoms with Crippen LogP contribution in [0.15, 0.2) is 27.1 Å². The van der Waals surface area contributed by atoms with Crippen LogP contribution >= 0.6 is 31.9 Å². The summed E-state index contributed by atoms with van der Waals surface area (Å²) in [6, 6.07) is 7.27. The minimum atomic E-state index is 0.361. The molecule has 2 nitrogen and oxygen atoms in total. The van der Waals surface area contributed by atoms with Gasteiger partial charge in [-0.3, -0.25) is 0 Å². The normalized spacial score (nSPS) is 25.4. The highest BCUT2D eigenvalue weighted by Gasteiger charge is 2.30. The minimum Gasteiger partial charge on any atom is -0.381 e. The predicted octanol–water partition coefficient (Wildman–Crippen LogP) is 4.04. The number of halogens is 2. The minimum absolute atomic E-state index is 0.361. The number of ether oxygens (including phenoxy) is 1. The molecule has 2 rings (SSSR count). The van der Waals surface area contributed by atoms with Gasteiger partial charge in [-0.2, -0.15) is 0 Å². The van der Waals surface area contributed by atoms with Crippen molar-refractivity contribution in [3.05, 3.63) is 32.7 Å². The van der Waals surface area contributed by atoms with E-state index in [1.54, 1.807) is 7.11 Å². The van der Waals surface area contributed by atoms with E-state index in [2.05, 4.69) is 62.3 Å². The van der Waals surface area contributed by atoms with Gasteiger partial charge >= 0.3 is 0 Å². The Hall–Kier alpha value is 0.1000. The van der Waals surface area contributed by atoms with Crippen LogP contribution in [0.3, 0.4) is 0 Å². The van der Waals surface area contributed by atoms with Gasteiger partial charge < -0.3 is 10.1 Å². The van der Waals surface area contributed by atoms with Crippen LogP contribution in [0.5, 0.6) is 0 Å². The number of rotatable bonds is 4. The van der Waals surface area contributed by atoms with Crippen LogP contribution in [0.25, 0.3) is 0 Å². The molecule has 0 aromatic heterocycles. The van der Waals surface area contributed by atoms with Crippen molar-refractivity contribution >= 4 is 31.9 Å². The van der Waals surface area contributed by atoms with Crippen LogP contribution in [-0.2, 0) is 4.74 Å². The molecule has 0 aliphatic heterocycles. The molecule has 1 unspecified atom stereocenters. The third-order valence-electron chi connectivity index (χ3n) is 3.34. The fraction of sp³-hybridized carbons (Fsp3) is 0.538. The summed E-state index contributed by atoms with van der Waals surface area (Å²) in [6.45, 7) is 2.20. The molecule has 4 heteroatoms. The predicted molar refractivity (Wildman–Crippen MR) is 77.2 cm³/mol. The average Bonchev–Trinajstić information content (AvgIpc) is 2.22. The van der Waals surface area contributed by atoms with E-state index in [0.29, 0.717) is 18.2 Å². The molecule has 0 bridgehead atoms. The first-order valence-electron chi connectivity index (χ1n) is 5.84. The zero-order valence-corrected chi connectivity index (χ0v) is 13.2. The van der Waals surface area contributed by atoms with Gasteiger partial charge in [0, 0.05) is 28.1 Å². The molecule has 94 valence electrons. The first-order chi connectivity index (χ1) is 8.10. The SMILES string of the molecule is COC1CC(NC(C)c2ccc(Br)cc2Br)C1. The number of benzene rings is 1. The van der Waals surface area contributed by atoms with E-state index >= 15 is 0 Å². The summed E-state index contributed by atoms with van der Waals surface area (Å²) in [5.41, 5.74) is 1.30. The van der Waals surface area contributed by atoms with Gasteiger partial charge in [-0.25, -0.2) is 0 Å². The Labute approximate surface area is 119 Å². The maximum atomic E-state index is 5.29. The van der Waals surface area contributed by atoms with Gasteiger partial charge in [0.15, 0.2) is 0 Å². The van der Waals surface area contributed by atoms with Gasteiger partial charge in [0.2, 0.25) is 0 Å². The molecule has 1 aromatic rings. The molecular weight excluding hydrogens is 346 g/mol. The Balaban J connectivity index is 1.93. The summed E-state index contributed by atoms with van der Waals surface area (Å²) in [5, 5.41) is 3.63. The quantitative estimate of drug-likeness (QED) is 0.872. The van der Waals surface area contributed by atoms with E-state index in [9.17, 15) is 0 Å². The Morgan fingerprint density at radius 1 is 1.35 bits per heavy atom. The highest BCUT2D eigenvalue weighted by Crippen LogP contribution is 2.30. The fourth-order valence-corrected chi connectivity index (χ4v) is 3.58. The van der Waals surface area contributed by atoms with Gasteiger partial charge in [0.05, 0.1) is 6.10 Å². The van der Waals surface area contributed by atoms with E-state index in [1.807, 2.05) is 0 Å². The first kappa shape index (κ1) is 13.5. The van der Waals surface area contributed by atoms with Crippen molar-refractivity contribution < 1.29 is 4.74 Å². The van der Waals surface area contributed by atoms with E-state index in [1.165, 1.54) is 5.56 Å². The Bertz CT molecular complexity index is 391. The molecule has 1 fully saturated rings. The summed E-state index contributed by atoms with van der Waals surface area (Å²) in [5.74, 6) is 0. The van der Waals surface area contributed by atoms with Crippen LogP contribution in [0.4, 0.5) is 0 Å². The standard InChI is InChI=1S/C13H17Br2NO/c1-8(16-10-6-11(7-10)17-2)12-4-3-9(14)5-13(12)15/h3-5,8,10-11,16H,6-7H2,1-2H3. The van der Waals surface area contributed by atoms with E-state index in [-0.39, 0.29) is 0 Å². The smallest absolute Gasteiger partial charge is 0.0601 e. The molecule has 17 heavy (non-hydrogen) atoms. The molecule has 0 radical (unpaired) electrons. The molecule has 1 aromatic carbocycles. The van der Waals surface area contributed by atoms with Crippen molar-refractivity contribution in [2.45, 2.75) is 38.0 Å². The van der Waals surface area contributed by atoms with Crippen LogP contribution < -0.4 is 5.32 Å². The Morgan fingerprint density at radius 3 is 2.65 bits per heavy atom. The second kappa shape index (κ2) is 5.83. The van der Waals surface area contributed by atoms with Crippen molar-refractivity contribution in [1.29, 1.82) is 0 Å². The highest BCUT2D eigenvalue weighted by molar-refractivity contribution is 9.11. The largest absolute Gasteiger partial charge is 0.381 e. The molecular formula is C13H17Br2NO. The molecule has 1 aliphatic rings. The van der Waals surface area contributed by atoms with Gasteiger partial charge in [0.25, 0.3) is 0 Å². The molecule has 0 heterocycles. The lowest BCUT2D eigenvalue weighted by molar-refractivity contribution is 0.0147. The van der Waals surface area contributed by atoms with Crippen LogP contribution in [0.2, 0.25) is 0 Å². The van der Waals surface area contributed by atoms with Crippen LogP contribution in [-0.4, -0.2) is 19.3 Å². The highest BCUT2D eigenvalue weighted by atomic mass is 79.9. The van der Waals surface area contributed by atoms with Gasteiger partial charge in [0.1, 0.15) is 0 Å². The Kier molecular flexibility index (Phi) is 4.64. The zero-order chi connectivity index (χ0) is 12.4. The van der Waals surface area contributed by atoms with Crippen LogP contribution in [0.1, 0.15) is 31.4 Å². The Morgan fingerprint density at radius 2 is 2.06 bits per heavy atom. The summed E-state index contributed by atoms with van der Waals surface area (Å²) in [6.07, 6.45) is 2.69. The summed E-state index contributed by atoms with van der Waals surface area (Å²) in [7, 11) is 1.79. The zero-order valence-electron chi connectivity index (χ0n) is 10.0. The molecule has 1 N–H and O–H groups in total. The fourth-order valence-electron chi connectivity index (χ4n) is 2.19. The number of hydrogen-bond acceptors (Lipinski definition) is 2. The topological polar surface area (TPSA) is 21.3 Å². The van der Waals surface area contributed by atoms with E-state index in [4.69, 9.17) is 4.74 Å². The van der Waals surface area contributed by atoms with Crippen LogP contribution in [0, 0.1) is 0 Å². The van der Waals surface area contributed by atoms with Crippen molar-refractivity contribution in [2.75, 3.05) is 7.11 Å². The van der Waals surface area contributed by atoms with Gasteiger partial charge in [-0.1, -0.05) is 37.9 Å². The maximum Gasteiger partial charge on any atom is 0.0601 e. The lowest BCUT2D eigenvalue weighted by atomic mass is 9.88. The summed E-state index contributed by atoms with van der Waals surface area (Å²) >= 11 is 7.08. The molecule has 0 saturated heterocycles. The molecule has 0 amide bonds. The maximum absolute atomic E-state index is 5.29. The van der Waals surface area contributed by atoms with Gasteiger partial charge in [-0.15, -0.1) is 0 Å². The first-order valence-corrected chi connectivity index (χ1v) is 7.42. The van der Waals surface area contributed by atoms with E-state index < -0.39 is 0 Å². The molecule has 1 aliphatic carbocycles. The van der Waals surface area contributed by atoms with Crippen molar-refractivity contribution in [3.8, 4) is 0 Å². The van der Waals surface area contributed by atoms with Crippen molar-refractivity contribution in [3.63, 3.8) is 0 Å². The average molecular weight is 363 g/mol. The summed E-state index contributed by atoms with van der Waals surface area (Å²) < 4.78 is 7.54. The number of hydrogen-bond donors (Lipinski definition) is 1. The number of nitrogens with one attached hydrogen (secondary N) is 1. The molecule has 1 atom stereocenters. The second-order valence-electron chi connectivity index (χ2n) is 4.58. The monoisotopic (exact) mass is 361 g/mol. The second-order valence-corrected chi connectivity index (χ2v) is 6.35.